The molecular formula is C34H49NO7. The monoisotopic (exact) mass is 583 g/mol. The average Bonchev–Trinajstić information content (AvgIpc) is 3.79. The number of nitrogens with one attached hydrogen (secondary N) is 1. The molecule has 42 heavy (non-hydrogen) atoms. The Kier molecular flexibility index (Phi) is 13.8. The van der Waals surface area contributed by atoms with E-state index < -0.39 is 23.7 Å². The summed E-state index contributed by atoms with van der Waals surface area (Å²) in [6.07, 6.45) is 3.52. The van der Waals surface area contributed by atoms with Crippen LogP contribution in [0.1, 0.15) is 77.3 Å². The molecular weight excluding hydrogens is 534 g/mol. The minimum Gasteiger partial charge on any atom is -0.459 e. The Hall–Kier alpha value is -2.94. The second kappa shape index (κ2) is 17.2. The van der Waals surface area contributed by atoms with Crippen LogP contribution in [0.15, 0.2) is 60.7 Å². The van der Waals surface area contributed by atoms with Gasteiger partial charge in [0.2, 0.25) is 0 Å². The van der Waals surface area contributed by atoms with Gasteiger partial charge < -0.3 is 29.4 Å². The first kappa shape index (κ1) is 33.6. The highest BCUT2D eigenvalue weighted by Crippen LogP contribution is 2.32. The van der Waals surface area contributed by atoms with Gasteiger partial charge in [0, 0.05) is 13.2 Å². The molecule has 1 amide bonds. The van der Waals surface area contributed by atoms with Crippen LogP contribution >= 0.6 is 0 Å². The summed E-state index contributed by atoms with van der Waals surface area (Å²) in [4.78, 5) is 25.7. The lowest BCUT2D eigenvalue weighted by Crippen LogP contribution is -2.44. The SMILES string of the molecule is C[C@H](OCc1ccccc1)[C@H](OCC1CC1)[C@@H](CCO)CCC[C@H](NC(=O)OC(C)(C)C)C(=O)OCc1ccccc1. The molecule has 0 spiro atoms. The molecule has 4 atom stereocenters. The zero-order valence-corrected chi connectivity index (χ0v) is 25.6. The van der Waals surface area contributed by atoms with E-state index in [2.05, 4.69) is 5.32 Å². The Morgan fingerprint density at radius 1 is 0.905 bits per heavy atom. The number of benzene rings is 2. The number of aliphatic hydroxyl groups excluding tert-OH is 1. The lowest BCUT2D eigenvalue weighted by molar-refractivity contribution is -0.147. The van der Waals surface area contributed by atoms with Crippen LogP contribution in [0.3, 0.4) is 0 Å². The molecule has 8 nitrogen and oxygen atoms in total. The van der Waals surface area contributed by atoms with E-state index in [4.69, 9.17) is 18.9 Å². The fourth-order valence-corrected chi connectivity index (χ4v) is 4.83. The number of aliphatic hydroxyl groups is 1. The minimum absolute atomic E-state index is 0.0158. The van der Waals surface area contributed by atoms with E-state index in [1.807, 2.05) is 67.6 Å². The van der Waals surface area contributed by atoms with Gasteiger partial charge in [0.1, 0.15) is 18.2 Å². The highest BCUT2D eigenvalue weighted by atomic mass is 16.6. The summed E-state index contributed by atoms with van der Waals surface area (Å²) >= 11 is 0. The predicted octanol–water partition coefficient (Wildman–Crippen LogP) is 6.19. The van der Waals surface area contributed by atoms with Crippen LogP contribution in [0.5, 0.6) is 0 Å². The van der Waals surface area contributed by atoms with E-state index in [0.717, 1.165) is 11.1 Å². The van der Waals surface area contributed by atoms with Gasteiger partial charge in [-0.15, -0.1) is 0 Å². The van der Waals surface area contributed by atoms with Crippen LogP contribution < -0.4 is 5.32 Å². The molecule has 0 heterocycles. The van der Waals surface area contributed by atoms with Gasteiger partial charge in [0.15, 0.2) is 0 Å². The fraction of sp³-hybridized carbons (Fsp3) is 0.588. The first-order chi connectivity index (χ1) is 20.1. The van der Waals surface area contributed by atoms with E-state index in [9.17, 15) is 14.7 Å². The summed E-state index contributed by atoms with van der Waals surface area (Å²) in [5.74, 6) is 0.0944. The minimum atomic E-state index is -0.865. The van der Waals surface area contributed by atoms with Gasteiger partial charge in [-0.1, -0.05) is 67.1 Å². The number of rotatable bonds is 18. The van der Waals surface area contributed by atoms with E-state index in [1.54, 1.807) is 20.8 Å². The van der Waals surface area contributed by atoms with Crippen molar-refractivity contribution >= 4 is 12.1 Å². The van der Waals surface area contributed by atoms with Gasteiger partial charge in [0.05, 0.1) is 18.8 Å². The van der Waals surface area contributed by atoms with Crippen molar-refractivity contribution in [3.05, 3.63) is 71.8 Å². The van der Waals surface area contributed by atoms with Crippen LogP contribution in [0.25, 0.3) is 0 Å². The van der Waals surface area contributed by atoms with Crippen molar-refractivity contribution in [2.45, 2.75) is 103 Å². The topological polar surface area (TPSA) is 103 Å². The maximum atomic E-state index is 13.1. The average molecular weight is 584 g/mol. The Morgan fingerprint density at radius 2 is 1.52 bits per heavy atom. The fourth-order valence-electron chi connectivity index (χ4n) is 4.83. The molecule has 232 valence electrons. The van der Waals surface area contributed by atoms with E-state index in [1.165, 1.54) is 12.8 Å². The molecule has 0 unspecified atom stereocenters. The Bertz CT molecular complexity index is 1050. The van der Waals surface area contributed by atoms with Crippen molar-refractivity contribution in [2.75, 3.05) is 13.2 Å². The molecule has 2 N–H and O–H groups in total. The molecule has 0 aliphatic heterocycles. The normalized spacial score (nSPS) is 16.2. The molecule has 8 heteroatoms. The molecule has 0 radical (unpaired) electrons. The van der Waals surface area contributed by atoms with Crippen LogP contribution in [0, 0.1) is 11.8 Å². The summed E-state index contributed by atoms with van der Waals surface area (Å²) in [6.45, 7) is 8.66. The Labute approximate surface area is 251 Å². The summed E-state index contributed by atoms with van der Waals surface area (Å²) in [5, 5.41) is 12.6. The summed E-state index contributed by atoms with van der Waals surface area (Å²) in [6, 6.07) is 18.6. The van der Waals surface area contributed by atoms with Crippen molar-refractivity contribution in [3.63, 3.8) is 0 Å². The molecule has 0 bridgehead atoms. The van der Waals surface area contributed by atoms with Crippen LogP contribution in [-0.2, 0) is 37.0 Å². The smallest absolute Gasteiger partial charge is 0.408 e. The van der Waals surface area contributed by atoms with Gasteiger partial charge in [-0.2, -0.15) is 0 Å². The van der Waals surface area contributed by atoms with Crippen molar-refractivity contribution in [2.24, 2.45) is 11.8 Å². The standard InChI is InChI=1S/C34H49NO7/c1-25(39-22-26-12-7-5-8-13-26)31(40-23-28-18-19-28)29(20-21-36)16-11-17-30(35-33(38)42-34(2,3)4)32(37)41-24-27-14-9-6-10-15-27/h5-10,12-15,25,28-31,36H,11,16-24H2,1-4H3,(H,35,38)/t25-,29+,30-,31-/m0/s1. The van der Waals surface area contributed by atoms with E-state index in [-0.39, 0.29) is 31.3 Å². The molecule has 0 aromatic heterocycles. The zero-order chi connectivity index (χ0) is 30.4. The predicted molar refractivity (Wildman–Crippen MR) is 162 cm³/mol. The lowest BCUT2D eigenvalue weighted by atomic mass is 9.89. The maximum absolute atomic E-state index is 13.1. The largest absolute Gasteiger partial charge is 0.459 e. The number of carbonyl (C=O) groups is 2. The highest BCUT2D eigenvalue weighted by Gasteiger charge is 2.32. The summed E-state index contributed by atoms with van der Waals surface area (Å²) in [5.41, 5.74) is 1.26. The zero-order valence-electron chi connectivity index (χ0n) is 25.6. The molecule has 2 aromatic rings. The number of ether oxygens (including phenoxy) is 4. The number of carbonyl (C=O) groups excluding carboxylic acids is 2. The lowest BCUT2D eigenvalue weighted by Gasteiger charge is -2.32. The molecule has 1 aliphatic carbocycles. The maximum Gasteiger partial charge on any atom is 0.408 e. The van der Waals surface area contributed by atoms with Gasteiger partial charge >= 0.3 is 12.1 Å². The number of hydrogen-bond acceptors (Lipinski definition) is 7. The van der Waals surface area contributed by atoms with Gasteiger partial charge in [-0.3, -0.25) is 0 Å². The molecule has 0 saturated heterocycles. The number of esters is 1. The summed E-state index contributed by atoms with van der Waals surface area (Å²) in [7, 11) is 0. The number of hydrogen-bond donors (Lipinski definition) is 2. The molecule has 2 aromatic carbocycles. The summed E-state index contributed by atoms with van der Waals surface area (Å²) < 4.78 is 23.7. The van der Waals surface area contributed by atoms with Gasteiger partial charge in [-0.25, -0.2) is 9.59 Å². The first-order valence-corrected chi connectivity index (χ1v) is 15.2. The van der Waals surface area contributed by atoms with E-state index in [0.29, 0.717) is 44.8 Å². The Balaban J connectivity index is 1.63. The Morgan fingerprint density at radius 3 is 2.10 bits per heavy atom. The van der Waals surface area contributed by atoms with E-state index >= 15 is 0 Å². The molecule has 3 rings (SSSR count). The third-order valence-electron chi connectivity index (χ3n) is 7.27. The second-order valence-electron chi connectivity index (χ2n) is 12.2. The van der Waals surface area contributed by atoms with Crippen molar-refractivity contribution < 1.29 is 33.6 Å². The van der Waals surface area contributed by atoms with Gasteiger partial charge in [-0.05, 0) is 82.8 Å². The van der Waals surface area contributed by atoms with Crippen LogP contribution in [0.2, 0.25) is 0 Å². The second-order valence-corrected chi connectivity index (χ2v) is 12.2. The van der Waals surface area contributed by atoms with Crippen molar-refractivity contribution in [1.29, 1.82) is 0 Å². The first-order valence-electron chi connectivity index (χ1n) is 15.2. The third-order valence-corrected chi connectivity index (χ3v) is 7.27. The van der Waals surface area contributed by atoms with Crippen LogP contribution in [-0.4, -0.2) is 54.2 Å². The number of amides is 1. The quantitative estimate of drug-likeness (QED) is 0.202. The molecule has 1 aliphatic rings. The van der Waals surface area contributed by atoms with Gasteiger partial charge in [0.25, 0.3) is 0 Å². The molecule has 1 saturated carbocycles. The number of alkyl carbamates (subject to hydrolysis) is 1. The molecule has 1 fully saturated rings. The third kappa shape index (κ3) is 12.9. The van der Waals surface area contributed by atoms with Crippen LogP contribution in [0.4, 0.5) is 4.79 Å². The highest BCUT2D eigenvalue weighted by molar-refractivity contribution is 5.81. The van der Waals surface area contributed by atoms with Crippen molar-refractivity contribution in [1.82, 2.24) is 5.32 Å². The van der Waals surface area contributed by atoms with Crippen molar-refractivity contribution in [3.8, 4) is 0 Å².